The minimum Gasteiger partial charge on any atom is -0.404 e. The summed E-state index contributed by atoms with van der Waals surface area (Å²) in [7, 11) is 0. The van der Waals surface area contributed by atoms with Gasteiger partial charge in [-0.3, -0.25) is 10.1 Å². The Morgan fingerprint density at radius 3 is 2.45 bits per heavy atom. The Balaban J connectivity index is 1.81. The van der Waals surface area contributed by atoms with Gasteiger partial charge in [-0.05, 0) is 35.5 Å². The van der Waals surface area contributed by atoms with Gasteiger partial charge < -0.3 is 10.1 Å². The summed E-state index contributed by atoms with van der Waals surface area (Å²) in [5.41, 5.74) is -0.982. The molecule has 2 aromatic carbocycles. The van der Waals surface area contributed by atoms with Crippen molar-refractivity contribution < 1.29 is 36.3 Å². The fourth-order valence-corrected chi connectivity index (χ4v) is 2.51. The molecular weight excluding hydrogens is 455 g/mol. The number of rotatable bonds is 4. The van der Waals surface area contributed by atoms with Crippen molar-refractivity contribution in [3.63, 3.8) is 0 Å². The first-order valence-electron chi connectivity index (χ1n) is 7.94. The molecule has 0 aliphatic rings. The zero-order valence-corrected chi connectivity index (χ0v) is 15.5. The average Bonchev–Trinajstić information content (AvgIpc) is 3.19. The number of urea groups is 1. The molecule has 0 aliphatic heterocycles. The van der Waals surface area contributed by atoms with Gasteiger partial charge in [-0.15, -0.1) is 23.4 Å². The predicted molar refractivity (Wildman–Crippen MR) is 94.1 cm³/mol. The Kier molecular flexibility index (Phi) is 6.01. The van der Waals surface area contributed by atoms with E-state index in [1.54, 1.807) is 5.32 Å². The van der Waals surface area contributed by atoms with Crippen molar-refractivity contribution in [1.82, 2.24) is 25.9 Å². The Bertz CT molecular complexity index is 1140. The molecule has 15 heteroatoms. The first-order chi connectivity index (χ1) is 14.5. The van der Waals surface area contributed by atoms with Crippen LogP contribution in [0.2, 0.25) is 5.02 Å². The maximum Gasteiger partial charge on any atom is 0.573 e. The van der Waals surface area contributed by atoms with Gasteiger partial charge in [0.05, 0.1) is 16.3 Å². The number of carbonyl (C=O) groups is 2. The largest absolute Gasteiger partial charge is 0.573 e. The van der Waals surface area contributed by atoms with Crippen LogP contribution in [-0.4, -0.2) is 38.9 Å². The first-order valence-corrected chi connectivity index (χ1v) is 8.32. The van der Waals surface area contributed by atoms with Crippen molar-refractivity contribution in [2.75, 3.05) is 5.32 Å². The maximum absolute atomic E-state index is 13.3. The Hall–Kier alpha value is -3.81. The Labute approximate surface area is 173 Å². The number of anilines is 1. The van der Waals surface area contributed by atoms with E-state index in [1.807, 2.05) is 5.32 Å². The lowest BCUT2D eigenvalue weighted by atomic mass is 10.1. The number of nitrogens with zero attached hydrogens (tertiary/aromatic N) is 3. The number of H-pyrrole nitrogens is 1. The van der Waals surface area contributed by atoms with Crippen LogP contribution >= 0.6 is 11.6 Å². The molecule has 0 aliphatic carbocycles. The predicted octanol–water partition coefficient (Wildman–Crippen LogP) is 3.66. The molecule has 9 nitrogen and oxygen atoms in total. The lowest BCUT2D eigenvalue weighted by Gasteiger charge is -2.15. The molecule has 162 valence electrons. The molecule has 3 amide bonds. The summed E-state index contributed by atoms with van der Waals surface area (Å²) < 4.78 is 68.5. The SMILES string of the molecule is O=C(NC(=O)c1cc(F)c(F)cc1Cl)Nc1ccc(-c2nn[nH]n2)cc1OC(F)(F)F. The summed E-state index contributed by atoms with van der Waals surface area (Å²) in [6.07, 6.45) is -5.11. The molecule has 0 fully saturated rings. The van der Waals surface area contributed by atoms with Crippen molar-refractivity contribution in [1.29, 1.82) is 0 Å². The molecular formula is C16H8ClF5N6O3. The zero-order chi connectivity index (χ0) is 22.8. The van der Waals surface area contributed by atoms with E-state index >= 15 is 0 Å². The molecule has 0 atom stereocenters. The lowest BCUT2D eigenvalue weighted by molar-refractivity contribution is -0.274. The average molecular weight is 463 g/mol. The van der Waals surface area contributed by atoms with Crippen molar-refractivity contribution in [3.8, 4) is 17.1 Å². The van der Waals surface area contributed by atoms with Gasteiger partial charge in [0.15, 0.2) is 17.4 Å². The van der Waals surface area contributed by atoms with Crippen molar-refractivity contribution in [2.24, 2.45) is 0 Å². The van der Waals surface area contributed by atoms with E-state index in [1.165, 1.54) is 6.07 Å². The molecule has 0 saturated heterocycles. The number of nitrogens with one attached hydrogen (secondary N) is 3. The number of aromatic amines is 1. The Morgan fingerprint density at radius 1 is 1.10 bits per heavy atom. The molecule has 3 aromatic rings. The summed E-state index contributed by atoms with van der Waals surface area (Å²) in [5.74, 6) is -4.84. The standard InChI is InChI=1S/C16H8ClF5N6O3/c17-8-5-10(19)9(18)4-7(8)14(29)24-15(30)23-11-2-1-6(13-25-27-28-26-13)3-12(11)31-16(20,21)22/h1-5H,(H2,23,24,29,30)(H,25,26,27,28). The molecule has 0 spiro atoms. The maximum atomic E-state index is 13.3. The summed E-state index contributed by atoms with van der Waals surface area (Å²) >= 11 is 5.64. The number of imide groups is 1. The van der Waals surface area contributed by atoms with Crippen LogP contribution in [0, 0.1) is 11.6 Å². The number of halogens is 6. The molecule has 0 bridgehead atoms. The third-order valence-corrected chi connectivity index (χ3v) is 3.85. The fourth-order valence-electron chi connectivity index (χ4n) is 2.28. The van der Waals surface area contributed by atoms with Gasteiger partial charge in [0.25, 0.3) is 5.91 Å². The Morgan fingerprint density at radius 2 is 1.81 bits per heavy atom. The van der Waals surface area contributed by atoms with Crippen LogP contribution in [0.4, 0.5) is 32.4 Å². The third-order valence-electron chi connectivity index (χ3n) is 3.54. The van der Waals surface area contributed by atoms with E-state index in [0.29, 0.717) is 12.1 Å². The minimum atomic E-state index is -5.11. The first kappa shape index (κ1) is 21.9. The highest BCUT2D eigenvalue weighted by atomic mass is 35.5. The van der Waals surface area contributed by atoms with Crippen LogP contribution in [0.25, 0.3) is 11.4 Å². The second-order valence-corrected chi connectivity index (χ2v) is 6.06. The zero-order valence-electron chi connectivity index (χ0n) is 14.7. The highest BCUT2D eigenvalue weighted by Gasteiger charge is 2.33. The summed E-state index contributed by atoms with van der Waals surface area (Å²) in [5, 5.41) is 15.8. The highest BCUT2D eigenvalue weighted by molar-refractivity contribution is 6.34. The monoisotopic (exact) mass is 462 g/mol. The van der Waals surface area contributed by atoms with Crippen molar-refractivity contribution in [2.45, 2.75) is 6.36 Å². The van der Waals surface area contributed by atoms with Crippen LogP contribution in [0.3, 0.4) is 0 Å². The molecule has 3 N–H and O–H groups in total. The van der Waals surface area contributed by atoms with Crippen LogP contribution in [-0.2, 0) is 0 Å². The topological polar surface area (TPSA) is 122 Å². The smallest absolute Gasteiger partial charge is 0.404 e. The molecule has 31 heavy (non-hydrogen) atoms. The van der Waals surface area contributed by atoms with Gasteiger partial charge in [0.1, 0.15) is 0 Å². The number of ether oxygens (including phenoxy) is 1. The summed E-state index contributed by atoms with van der Waals surface area (Å²) in [6.45, 7) is 0. The third kappa shape index (κ3) is 5.42. The second-order valence-electron chi connectivity index (χ2n) is 5.65. The van der Waals surface area contributed by atoms with Crippen molar-refractivity contribution >= 4 is 29.2 Å². The van der Waals surface area contributed by atoms with Gasteiger partial charge in [-0.25, -0.2) is 13.6 Å². The minimum absolute atomic E-state index is 0.0498. The number of hydrogen-bond acceptors (Lipinski definition) is 6. The second kappa shape index (κ2) is 8.51. The van der Waals surface area contributed by atoms with Crippen LogP contribution in [0.15, 0.2) is 30.3 Å². The van der Waals surface area contributed by atoms with E-state index in [0.717, 1.165) is 12.1 Å². The summed E-state index contributed by atoms with van der Waals surface area (Å²) in [6, 6.07) is 2.83. The quantitative estimate of drug-likeness (QED) is 0.402. The number of aromatic nitrogens is 4. The van der Waals surface area contributed by atoms with E-state index < -0.39 is 52.0 Å². The molecule has 0 saturated carbocycles. The van der Waals surface area contributed by atoms with Gasteiger partial charge in [0, 0.05) is 5.56 Å². The number of benzene rings is 2. The fraction of sp³-hybridized carbons (Fsp3) is 0.0625. The number of hydrogen-bond donors (Lipinski definition) is 3. The number of tetrazole rings is 1. The van der Waals surface area contributed by atoms with Crippen molar-refractivity contribution in [3.05, 3.63) is 52.6 Å². The molecule has 0 radical (unpaired) electrons. The van der Waals surface area contributed by atoms with Gasteiger partial charge in [-0.2, -0.15) is 5.21 Å². The lowest BCUT2D eigenvalue weighted by Crippen LogP contribution is -2.35. The van der Waals surface area contributed by atoms with E-state index in [2.05, 4.69) is 25.4 Å². The highest BCUT2D eigenvalue weighted by Crippen LogP contribution is 2.33. The molecule has 1 aromatic heterocycles. The molecule has 3 rings (SSSR count). The van der Waals surface area contributed by atoms with Crippen LogP contribution in [0.5, 0.6) is 5.75 Å². The summed E-state index contributed by atoms with van der Waals surface area (Å²) in [4.78, 5) is 24.1. The van der Waals surface area contributed by atoms with Gasteiger partial charge in [0.2, 0.25) is 5.82 Å². The normalized spacial score (nSPS) is 11.2. The van der Waals surface area contributed by atoms with Crippen LogP contribution in [0.1, 0.15) is 10.4 Å². The van der Waals surface area contributed by atoms with Gasteiger partial charge in [-0.1, -0.05) is 11.6 Å². The van der Waals surface area contributed by atoms with E-state index in [-0.39, 0.29) is 11.4 Å². The van der Waals surface area contributed by atoms with Crippen LogP contribution < -0.4 is 15.4 Å². The number of amides is 3. The van der Waals surface area contributed by atoms with E-state index in [9.17, 15) is 31.5 Å². The molecule has 0 unspecified atom stereocenters. The number of alkyl halides is 3. The van der Waals surface area contributed by atoms with Gasteiger partial charge >= 0.3 is 12.4 Å². The molecule has 1 heterocycles. The number of carbonyl (C=O) groups excluding carboxylic acids is 2. The van der Waals surface area contributed by atoms with E-state index in [4.69, 9.17) is 11.6 Å².